The highest BCUT2D eigenvalue weighted by Crippen LogP contribution is 2.42. The number of aliphatic hydroxyl groups is 1. The van der Waals surface area contributed by atoms with Crippen LogP contribution in [0.25, 0.3) is 0 Å². The van der Waals surface area contributed by atoms with Gasteiger partial charge in [-0.05, 0) is 61.9 Å². The number of nitriles is 2. The van der Waals surface area contributed by atoms with Gasteiger partial charge in [0.1, 0.15) is 35.9 Å². The van der Waals surface area contributed by atoms with Crippen LogP contribution in [-0.2, 0) is 6.61 Å². The minimum Gasteiger partial charge on any atom is -0.489 e. The first kappa shape index (κ1) is 23.6. The maximum atomic E-state index is 11.0. The molecule has 2 atom stereocenters. The maximum Gasteiger partial charge on any atom is 0.209 e. The first-order valence-electron chi connectivity index (χ1n) is 11.1. The molecule has 0 fully saturated rings. The van der Waals surface area contributed by atoms with Crippen LogP contribution < -0.4 is 20.1 Å². The Kier molecular flexibility index (Phi) is 6.86. The average molecular weight is 468 g/mol. The van der Waals surface area contributed by atoms with Gasteiger partial charge < -0.3 is 19.9 Å². The van der Waals surface area contributed by atoms with Crippen molar-refractivity contribution in [3.63, 3.8) is 0 Å². The number of benzene rings is 3. The monoisotopic (exact) mass is 467 g/mol. The highest BCUT2D eigenvalue weighted by Gasteiger charge is 2.43. The second kappa shape index (κ2) is 10.2. The molecule has 4 rings (SSSR count). The van der Waals surface area contributed by atoms with Crippen LogP contribution in [0.4, 0.5) is 5.69 Å². The molecule has 1 aliphatic rings. The molecule has 0 aromatic heterocycles. The lowest BCUT2D eigenvalue weighted by molar-refractivity contribution is -0.0567. The van der Waals surface area contributed by atoms with Crippen molar-refractivity contribution in [1.29, 1.82) is 10.5 Å². The normalized spacial score (nSPS) is 18.3. The van der Waals surface area contributed by atoms with Crippen molar-refractivity contribution in [3.05, 3.63) is 89.5 Å². The highest BCUT2D eigenvalue weighted by atomic mass is 16.5. The molecule has 1 aliphatic heterocycles. The van der Waals surface area contributed by atoms with Gasteiger partial charge in [-0.3, -0.25) is 5.32 Å². The number of ether oxygens (including phenoxy) is 2. The van der Waals surface area contributed by atoms with Crippen molar-refractivity contribution in [2.45, 2.75) is 38.2 Å². The molecule has 3 aromatic carbocycles. The number of aliphatic imine (C=N–C) groups is 1. The minimum absolute atomic E-state index is 0.153. The average Bonchev–Trinajstić information content (AvgIpc) is 2.86. The van der Waals surface area contributed by atoms with Crippen molar-refractivity contribution < 1.29 is 14.6 Å². The molecule has 0 unspecified atom stereocenters. The molecule has 0 amide bonds. The van der Waals surface area contributed by atoms with Crippen LogP contribution in [0.3, 0.4) is 0 Å². The standard InChI is InChI=1S/C27H25N5O3/c1-27(2)25(33)24(22-14-19(15-28)8-13-23(22)35-27)32-26(30-17-29)31-20-9-11-21(12-10-20)34-16-18-6-4-3-5-7-18/h3-14,24-25,33H,16H2,1-2H3,(H2,30,31,32)/t24-,25+/m0/s1. The molecular formula is C27H25N5O3. The van der Waals surface area contributed by atoms with E-state index in [1.807, 2.05) is 48.7 Å². The Bertz CT molecular complexity index is 1290. The maximum absolute atomic E-state index is 11.0. The number of aliphatic hydroxyl groups excluding tert-OH is 1. The Labute approximate surface area is 204 Å². The predicted molar refractivity (Wildman–Crippen MR) is 132 cm³/mol. The van der Waals surface area contributed by atoms with Crippen LogP contribution in [0.5, 0.6) is 11.5 Å². The molecular weight excluding hydrogens is 442 g/mol. The van der Waals surface area contributed by atoms with Crippen molar-refractivity contribution in [3.8, 4) is 23.8 Å². The summed E-state index contributed by atoms with van der Waals surface area (Å²) >= 11 is 0. The number of nitrogens with zero attached hydrogens (tertiary/aromatic N) is 3. The third-order valence-electron chi connectivity index (χ3n) is 5.65. The first-order valence-corrected chi connectivity index (χ1v) is 11.1. The summed E-state index contributed by atoms with van der Waals surface area (Å²) in [6.07, 6.45) is 0.858. The Balaban J connectivity index is 1.55. The third-order valence-corrected chi connectivity index (χ3v) is 5.65. The molecule has 0 radical (unpaired) electrons. The number of anilines is 1. The van der Waals surface area contributed by atoms with Gasteiger partial charge in [-0.2, -0.15) is 10.5 Å². The summed E-state index contributed by atoms with van der Waals surface area (Å²) in [6.45, 7) is 3.98. The fraction of sp³-hybridized carbons (Fsp3) is 0.222. The van der Waals surface area contributed by atoms with Crippen LogP contribution in [-0.4, -0.2) is 22.8 Å². The summed E-state index contributed by atoms with van der Waals surface area (Å²) in [5.41, 5.74) is 1.81. The van der Waals surface area contributed by atoms with Crippen molar-refractivity contribution in [1.82, 2.24) is 5.32 Å². The molecule has 8 nitrogen and oxygen atoms in total. The Hall–Kier alpha value is -4.53. The molecule has 8 heteroatoms. The molecule has 0 saturated heterocycles. The number of rotatable bonds is 5. The van der Waals surface area contributed by atoms with E-state index in [1.165, 1.54) is 0 Å². The van der Waals surface area contributed by atoms with Gasteiger partial charge in [0.05, 0.1) is 11.6 Å². The van der Waals surface area contributed by atoms with E-state index in [-0.39, 0.29) is 5.96 Å². The predicted octanol–water partition coefficient (Wildman–Crippen LogP) is 4.25. The van der Waals surface area contributed by atoms with Crippen molar-refractivity contribution in [2.75, 3.05) is 5.32 Å². The number of nitrogens with one attached hydrogen (secondary N) is 2. The second-order valence-electron chi connectivity index (χ2n) is 8.60. The van der Waals surface area contributed by atoms with E-state index in [0.29, 0.717) is 34.9 Å². The van der Waals surface area contributed by atoms with E-state index in [4.69, 9.17) is 9.47 Å². The molecule has 0 spiro atoms. The van der Waals surface area contributed by atoms with Crippen molar-refractivity contribution in [2.24, 2.45) is 4.99 Å². The van der Waals surface area contributed by atoms with E-state index in [9.17, 15) is 15.6 Å². The summed E-state index contributed by atoms with van der Waals surface area (Å²) in [5, 5.41) is 35.2. The Morgan fingerprint density at radius 1 is 1.09 bits per heavy atom. The zero-order chi connectivity index (χ0) is 24.8. The first-order chi connectivity index (χ1) is 16.9. The number of guanidine groups is 1. The highest BCUT2D eigenvalue weighted by molar-refractivity contribution is 5.94. The second-order valence-corrected chi connectivity index (χ2v) is 8.60. The SMILES string of the molecule is CC1(C)Oc2ccc(C#N)cc2[C@H](N=C(NC#N)Nc2ccc(OCc3ccccc3)cc2)[C@H]1O. The smallest absolute Gasteiger partial charge is 0.209 e. The van der Waals surface area contributed by atoms with E-state index in [1.54, 1.807) is 44.2 Å². The zero-order valence-electron chi connectivity index (χ0n) is 19.4. The van der Waals surface area contributed by atoms with Crippen LogP contribution in [0.15, 0.2) is 77.8 Å². The lowest BCUT2D eigenvalue weighted by Gasteiger charge is -2.40. The summed E-state index contributed by atoms with van der Waals surface area (Å²) in [6, 6.07) is 23.4. The molecule has 1 heterocycles. The molecule has 176 valence electrons. The van der Waals surface area contributed by atoms with Gasteiger partial charge in [0, 0.05) is 11.3 Å². The lowest BCUT2D eigenvalue weighted by atomic mass is 9.86. The van der Waals surface area contributed by atoms with Gasteiger partial charge in [0.2, 0.25) is 5.96 Å². The van der Waals surface area contributed by atoms with Gasteiger partial charge in [0.25, 0.3) is 0 Å². The Morgan fingerprint density at radius 3 is 2.51 bits per heavy atom. The van der Waals surface area contributed by atoms with Gasteiger partial charge >= 0.3 is 0 Å². The minimum atomic E-state index is -1.02. The largest absolute Gasteiger partial charge is 0.489 e. The summed E-state index contributed by atoms with van der Waals surface area (Å²) in [4.78, 5) is 4.61. The molecule has 35 heavy (non-hydrogen) atoms. The summed E-state index contributed by atoms with van der Waals surface area (Å²) < 4.78 is 11.8. The number of fused-ring (bicyclic) bond motifs is 1. The molecule has 0 bridgehead atoms. The fourth-order valence-corrected chi connectivity index (χ4v) is 3.78. The van der Waals surface area contributed by atoms with E-state index >= 15 is 0 Å². The van der Waals surface area contributed by atoms with E-state index in [0.717, 1.165) is 5.56 Å². The van der Waals surface area contributed by atoms with Gasteiger partial charge in [-0.1, -0.05) is 30.3 Å². The van der Waals surface area contributed by atoms with E-state index in [2.05, 4.69) is 21.7 Å². The molecule has 0 saturated carbocycles. The van der Waals surface area contributed by atoms with Gasteiger partial charge in [-0.15, -0.1) is 0 Å². The Morgan fingerprint density at radius 2 is 1.83 bits per heavy atom. The van der Waals surface area contributed by atoms with Gasteiger partial charge in [0.15, 0.2) is 6.19 Å². The summed E-state index contributed by atoms with van der Waals surface area (Å²) in [7, 11) is 0. The molecule has 3 aromatic rings. The fourth-order valence-electron chi connectivity index (χ4n) is 3.78. The number of hydrogen-bond donors (Lipinski definition) is 3. The topological polar surface area (TPSA) is 123 Å². The van der Waals surface area contributed by atoms with Crippen LogP contribution in [0.1, 0.15) is 36.6 Å². The van der Waals surface area contributed by atoms with Crippen molar-refractivity contribution >= 4 is 11.6 Å². The lowest BCUT2D eigenvalue weighted by Crippen LogP contribution is -2.49. The van der Waals surface area contributed by atoms with Crippen LogP contribution in [0.2, 0.25) is 0 Å². The van der Waals surface area contributed by atoms with Crippen LogP contribution in [0, 0.1) is 22.8 Å². The quantitative estimate of drug-likeness (QED) is 0.222. The van der Waals surface area contributed by atoms with Crippen LogP contribution >= 0.6 is 0 Å². The molecule has 0 aliphatic carbocycles. The van der Waals surface area contributed by atoms with E-state index < -0.39 is 17.7 Å². The number of hydrogen-bond acceptors (Lipinski definition) is 6. The van der Waals surface area contributed by atoms with Gasteiger partial charge in [-0.25, -0.2) is 4.99 Å². The third kappa shape index (κ3) is 5.52. The zero-order valence-corrected chi connectivity index (χ0v) is 19.4. The summed E-state index contributed by atoms with van der Waals surface area (Å²) in [5.74, 6) is 1.38. The molecule has 3 N–H and O–H groups in total.